The second kappa shape index (κ2) is 8.07. The number of nitrogens with zero attached hydrogens (tertiary/aromatic N) is 1. The highest BCUT2D eigenvalue weighted by atomic mass is 35.5. The van der Waals surface area contributed by atoms with Crippen LogP contribution in [0.4, 0.5) is 11.6 Å². The molecule has 0 saturated heterocycles. The normalized spacial score (nSPS) is 10.1. The molecule has 0 aliphatic heterocycles. The summed E-state index contributed by atoms with van der Waals surface area (Å²) in [6, 6.07) is 1.62. The lowest BCUT2D eigenvalue weighted by atomic mass is 10.4. The minimum Gasteiger partial charge on any atom is -0.469 e. The number of carbonyl (C=O) groups is 1. The molecule has 19 heavy (non-hydrogen) atoms. The SMILES string of the molecule is CCCNc1nc(NCCC(=O)OC)c(Cl)cc1Cl. The molecule has 0 aliphatic carbocycles. The van der Waals surface area contributed by atoms with Gasteiger partial charge in [0.2, 0.25) is 0 Å². The van der Waals surface area contributed by atoms with E-state index in [0.29, 0.717) is 28.2 Å². The van der Waals surface area contributed by atoms with Crippen molar-refractivity contribution < 1.29 is 9.53 Å². The number of esters is 1. The molecule has 1 rings (SSSR count). The number of anilines is 2. The zero-order chi connectivity index (χ0) is 14.3. The number of methoxy groups -OCH3 is 1. The molecule has 1 aromatic heterocycles. The number of rotatable bonds is 7. The lowest BCUT2D eigenvalue weighted by Gasteiger charge is -2.11. The molecule has 0 radical (unpaired) electrons. The monoisotopic (exact) mass is 305 g/mol. The van der Waals surface area contributed by atoms with Gasteiger partial charge in [0, 0.05) is 13.1 Å². The first kappa shape index (κ1) is 15.9. The third-order valence-electron chi connectivity index (χ3n) is 2.32. The lowest BCUT2D eigenvalue weighted by Crippen LogP contribution is -2.12. The van der Waals surface area contributed by atoms with Crippen LogP contribution in [0.1, 0.15) is 19.8 Å². The van der Waals surface area contributed by atoms with Crippen molar-refractivity contribution in [3.05, 3.63) is 16.1 Å². The van der Waals surface area contributed by atoms with Gasteiger partial charge in [0.15, 0.2) is 0 Å². The molecule has 0 aromatic carbocycles. The van der Waals surface area contributed by atoms with Crippen molar-refractivity contribution >= 4 is 40.8 Å². The van der Waals surface area contributed by atoms with Crippen LogP contribution in [0.5, 0.6) is 0 Å². The third-order valence-corrected chi connectivity index (χ3v) is 2.90. The highest BCUT2D eigenvalue weighted by Gasteiger charge is 2.09. The van der Waals surface area contributed by atoms with Crippen LogP contribution in [0.3, 0.4) is 0 Å². The Morgan fingerprint density at radius 1 is 1.26 bits per heavy atom. The number of nitrogens with one attached hydrogen (secondary N) is 2. The second-order valence-electron chi connectivity index (χ2n) is 3.83. The number of aromatic nitrogens is 1. The first-order valence-electron chi connectivity index (χ1n) is 5.99. The minimum absolute atomic E-state index is 0.245. The fourth-order valence-corrected chi connectivity index (χ4v) is 1.84. The molecule has 0 bridgehead atoms. The van der Waals surface area contributed by atoms with Crippen molar-refractivity contribution in [1.82, 2.24) is 4.98 Å². The van der Waals surface area contributed by atoms with Crippen molar-refractivity contribution in [3.8, 4) is 0 Å². The van der Waals surface area contributed by atoms with E-state index in [4.69, 9.17) is 23.2 Å². The van der Waals surface area contributed by atoms with Gasteiger partial charge >= 0.3 is 5.97 Å². The lowest BCUT2D eigenvalue weighted by molar-refractivity contribution is -0.140. The van der Waals surface area contributed by atoms with Gasteiger partial charge in [-0.15, -0.1) is 0 Å². The van der Waals surface area contributed by atoms with Crippen LogP contribution in [0, 0.1) is 0 Å². The topological polar surface area (TPSA) is 63.2 Å². The Balaban J connectivity index is 2.68. The smallest absolute Gasteiger partial charge is 0.307 e. The Morgan fingerprint density at radius 3 is 2.37 bits per heavy atom. The van der Waals surface area contributed by atoms with Crippen LogP contribution in [0.15, 0.2) is 6.07 Å². The van der Waals surface area contributed by atoms with Gasteiger partial charge in [-0.25, -0.2) is 4.98 Å². The number of halogens is 2. The fourth-order valence-electron chi connectivity index (χ4n) is 1.34. The number of hydrogen-bond acceptors (Lipinski definition) is 5. The summed E-state index contributed by atoms with van der Waals surface area (Å²) >= 11 is 12.1. The average Bonchev–Trinajstić information content (AvgIpc) is 2.39. The number of carbonyl (C=O) groups excluding carboxylic acids is 1. The van der Waals surface area contributed by atoms with Crippen molar-refractivity contribution in [1.29, 1.82) is 0 Å². The van der Waals surface area contributed by atoms with Crippen LogP contribution < -0.4 is 10.6 Å². The van der Waals surface area contributed by atoms with E-state index in [1.54, 1.807) is 6.07 Å². The minimum atomic E-state index is -0.290. The molecule has 2 N–H and O–H groups in total. The van der Waals surface area contributed by atoms with Crippen LogP contribution in [-0.2, 0) is 9.53 Å². The summed E-state index contributed by atoms with van der Waals surface area (Å²) in [5.41, 5.74) is 0. The summed E-state index contributed by atoms with van der Waals surface area (Å²) < 4.78 is 4.55. The molecule has 0 unspecified atom stereocenters. The van der Waals surface area contributed by atoms with Gasteiger partial charge in [-0.2, -0.15) is 0 Å². The summed E-state index contributed by atoms with van der Waals surface area (Å²) in [4.78, 5) is 15.3. The van der Waals surface area contributed by atoms with Gasteiger partial charge in [-0.05, 0) is 12.5 Å². The number of ether oxygens (including phenoxy) is 1. The highest BCUT2D eigenvalue weighted by molar-refractivity contribution is 6.37. The van der Waals surface area contributed by atoms with Crippen molar-refractivity contribution in [2.24, 2.45) is 0 Å². The van der Waals surface area contributed by atoms with E-state index in [2.05, 4.69) is 20.4 Å². The van der Waals surface area contributed by atoms with E-state index in [1.165, 1.54) is 7.11 Å². The summed E-state index contributed by atoms with van der Waals surface area (Å²) in [5.74, 6) is 0.781. The molecular formula is C12H17Cl2N3O2. The maximum Gasteiger partial charge on any atom is 0.307 e. The molecule has 0 amide bonds. The molecule has 5 nitrogen and oxygen atoms in total. The second-order valence-corrected chi connectivity index (χ2v) is 4.64. The Kier molecular flexibility index (Phi) is 6.73. The van der Waals surface area contributed by atoms with E-state index in [9.17, 15) is 4.79 Å². The predicted molar refractivity (Wildman–Crippen MR) is 78.2 cm³/mol. The Morgan fingerprint density at radius 2 is 1.84 bits per heavy atom. The third kappa shape index (κ3) is 5.12. The van der Waals surface area contributed by atoms with Gasteiger partial charge in [0.05, 0.1) is 23.6 Å². The van der Waals surface area contributed by atoms with Gasteiger partial charge in [0.1, 0.15) is 11.6 Å². The zero-order valence-electron chi connectivity index (χ0n) is 10.9. The molecular weight excluding hydrogens is 289 g/mol. The standard InChI is InChI=1S/C12H17Cl2N3O2/c1-3-5-15-11-8(13)7-9(14)12(17-11)16-6-4-10(18)19-2/h7H,3-6H2,1-2H3,(H2,15,16,17). The van der Waals surface area contributed by atoms with Crippen LogP contribution in [0.25, 0.3) is 0 Å². The molecule has 106 valence electrons. The van der Waals surface area contributed by atoms with Crippen LogP contribution >= 0.6 is 23.2 Å². The molecule has 0 aliphatic rings. The van der Waals surface area contributed by atoms with E-state index < -0.39 is 0 Å². The van der Waals surface area contributed by atoms with E-state index in [1.807, 2.05) is 6.92 Å². The van der Waals surface area contributed by atoms with Crippen molar-refractivity contribution in [2.45, 2.75) is 19.8 Å². The molecule has 0 atom stereocenters. The van der Waals surface area contributed by atoms with Crippen LogP contribution in [0.2, 0.25) is 10.0 Å². The number of pyridine rings is 1. The van der Waals surface area contributed by atoms with Gasteiger partial charge in [-0.3, -0.25) is 4.79 Å². The summed E-state index contributed by atoms with van der Waals surface area (Å²) in [6.07, 6.45) is 1.21. The molecule has 1 heterocycles. The quantitative estimate of drug-likeness (QED) is 0.758. The van der Waals surface area contributed by atoms with Crippen LogP contribution in [-0.4, -0.2) is 31.2 Å². The first-order chi connectivity index (χ1) is 9.08. The average molecular weight is 306 g/mol. The predicted octanol–water partition coefficient (Wildman–Crippen LogP) is 3.19. The Labute approximate surface area is 122 Å². The molecule has 0 spiro atoms. The first-order valence-corrected chi connectivity index (χ1v) is 6.74. The van der Waals surface area contributed by atoms with E-state index in [0.717, 1.165) is 13.0 Å². The van der Waals surface area contributed by atoms with E-state index >= 15 is 0 Å². The number of hydrogen-bond donors (Lipinski definition) is 2. The Bertz CT molecular complexity index is 441. The van der Waals surface area contributed by atoms with E-state index in [-0.39, 0.29) is 12.4 Å². The fraction of sp³-hybridized carbons (Fsp3) is 0.500. The zero-order valence-corrected chi connectivity index (χ0v) is 12.4. The Hall–Kier alpha value is -1.20. The maximum absolute atomic E-state index is 11.0. The summed E-state index contributed by atoms with van der Waals surface area (Å²) in [5, 5.41) is 6.97. The largest absolute Gasteiger partial charge is 0.469 e. The molecule has 0 saturated carbocycles. The molecule has 7 heteroatoms. The van der Waals surface area contributed by atoms with Crippen molar-refractivity contribution in [3.63, 3.8) is 0 Å². The van der Waals surface area contributed by atoms with Gasteiger partial charge < -0.3 is 15.4 Å². The summed E-state index contributed by atoms with van der Waals surface area (Å²) in [6.45, 7) is 3.22. The van der Waals surface area contributed by atoms with Gasteiger partial charge in [-0.1, -0.05) is 30.1 Å². The maximum atomic E-state index is 11.0. The molecule has 1 aromatic rings. The van der Waals surface area contributed by atoms with Gasteiger partial charge in [0.25, 0.3) is 0 Å². The molecule has 0 fully saturated rings. The summed E-state index contributed by atoms with van der Waals surface area (Å²) in [7, 11) is 1.35. The van der Waals surface area contributed by atoms with Crippen molar-refractivity contribution in [2.75, 3.05) is 30.8 Å². The highest BCUT2D eigenvalue weighted by Crippen LogP contribution is 2.29.